The maximum Gasteiger partial charge on any atom is 0.414 e. The number of carbonyl (C=O) groups excluding carboxylic acids is 2. The first-order valence-electron chi connectivity index (χ1n) is 8.12. The van der Waals surface area contributed by atoms with Crippen LogP contribution in [-0.4, -0.2) is 24.5 Å². The quantitative estimate of drug-likeness (QED) is 0.733. The highest BCUT2D eigenvalue weighted by Crippen LogP contribution is 2.23. The average molecular weight is 305 g/mol. The largest absolute Gasteiger partial charge is 0.444 e. The Morgan fingerprint density at radius 2 is 1.77 bits per heavy atom. The number of unbranched alkanes of at least 4 members (excludes halogenated alkanes) is 2. The van der Waals surface area contributed by atoms with Crippen molar-refractivity contribution in [1.82, 2.24) is 0 Å². The first-order valence-corrected chi connectivity index (χ1v) is 8.12. The zero-order valence-corrected chi connectivity index (χ0v) is 14.1. The second kappa shape index (κ2) is 9.23. The highest BCUT2D eigenvalue weighted by molar-refractivity contribution is 5.95. The predicted octanol–water partition coefficient (Wildman–Crippen LogP) is 4.82. The van der Waals surface area contributed by atoms with E-state index in [1.165, 1.54) is 26.2 Å². The molecule has 122 valence electrons. The molecule has 0 saturated carbocycles. The summed E-state index contributed by atoms with van der Waals surface area (Å²) in [6, 6.07) is 7.00. The number of anilines is 1. The smallest absolute Gasteiger partial charge is 0.414 e. The van der Waals surface area contributed by atoms with Gasteiger partial charge in [0.1, 0.15) is 6.10 Å². The minimum Gasteiger partial charge on any atom is -0.444 e. The van der Waals surface area contributed by atoms with Gasteiger partial charge in [-0.05, 0) is 37.6 Å². The minimum atomic E-state index is -0.313. The maximum atomic E-state index is 11.6. The molecule has 0 radical (unpaired) electrons. The fourth-order valence-electron chi connectivity index (χ4n) is 2.17. The van der Waals surface area contributed by atoms with Gasteiger partial charge in [-0.1, -0.05) is 40.0 Å². The molecule has 4 heteroatoms. The molecule has 1 aromatic rings. The zero-order valence-electron chi connectivity index (χ0n) is 14.1. The highest BCUT2D eigenvalue weighted by Gasteiger charge is 2.30. The number of Topliss-reactive ketones (excluding diaryl/α,β-unsaturated/α-hetero) is 1. The number of benzene rings is 1. The number of hydrogen-bond acceptors (Lipinski definition) is 3. The summed E-state index contributed by atoms with van der Waals surface area (Å²) in [6.07, 6.45) is 4.54. The van der Waals surface area contributed by atoms with Gasteiger partial charge in [-0.25, -0.2) is 4.79 Å². The first-order chi connectivity index (χ1) is 10.5. The molecule has 0 bridgehead atoms. The van der Waals surface area contributed by atoms with Crippen LogP contribution in [-0.2, 0) is 4.74 Å². The van der Waals surface area contributed by atoms with E-state index in [0.717, 1.165) is 12.1 Å². The standard InChI is InChI=1S/C13H15NO3.C5H12/c1-3-12-8-14(13(16)17-12)11-6-4-10(5-7-11)9(2)15;1-3-5-4-2/h4-7,12H,3,8H2,1-2H3;3-5H2,1-2H3/t12-;/m0./s1. The number of rotatable bonds is 5. The van der Waals surface area contributed by atoms with Gasteiger partial charge < -0.3 is 4.74 Å². The number of carbonyl (C=O) groups is 2. The first kappa shape index (κ1) is 18.2. The Hall–Kier alpha value is -1.84. The lowest BCUT2D eigenvalue weighted by Crippen LogP contribution is -2.24. The Balaban J connectivity index is 0.000000422. The third-order valence-electron chi connectivity index (χ3n) is 3.62. The van der Waals surface area contributed by atoms with Crippen molar-refractivity contribution in [2.24, 2.45) is 0 Å². The van der Waals surface area contributed by atoms with Gasteiger partial charge in [0.05, 0.1) is 6.54 Å². The van der Waals surface area contributed by atoms with E-state index >= 15 is 0 Å². The van der Waals surface area contributed by atoms with Crippen LogP contribution in [0.2, 0.25) is 0 Å². The number of ketones is 1. The van der Waals surface area contributed by atoms with E-state index in [9.17, 15) is 9.59 Å². The fourth-order valence-corrected chi connectivity index (χ4v) is 2.17. The summed E-state index contributed by atoms with van der Waals surface area (Å²) in [6.45, 7) is 8.51. The van der Waals surface area contributed by atoms with Crippen LogP contribution in [0.3, 0.4) is 0 Å². The number of amides is 1. The molecule has 1 aliphatic heterocycles. The van der Waals surface area contributed by atoms with Crippen LogP contribution in [0.25, 0.3) is 0 Å². The second-order valence-corrected chi connectivity index (χ2v) is 5.48. The number of cyclic esters (lactones) is 1. The van der Waals surface area contributed by atoms with E-state index in [-0.39, 0.29) is 18.0 Å². The lowest BCUT2D eigenvalue weighted by molar-refractivity contribution is 0.101. The van der Waals surface area contributed by atoms with Crippen molar-refractivity contribution in [3.8, 4) is 0 Å². The minimum absolute atomic E-state index is 0.0204. The Bertz CT molecular complexity index is 480. The topological polar surface area (TPSA) is 46.6 Å². The van der Waals surface area contributed by atoms with Crippen LogP contribution in [0.4, 0.5) is 10.5 Å². The third kappa shape index (κ3) is 5.17. The molecule has 1 amide bonds. The van der Waals surface area contributed by atoms with Gasteiger partial charge in [0.25, 0.3) is 0 Å². The predicted molar refractivity (Wildman–Crippen MR) is 89.6 cm³/mol. The molecule has 1 atom stereocenters. The fraction of sp³-hybridized carbons (Fsp3) is 0.556. The molecule has 1 heterocycles. The van der Waals surface area contributed by atoms with E-state index < -0.39 is 0 Å². The Morgan fingerprint density at radius 1 is 1.18 bits per heavy atom. The summed E-state index contributed by atoms with van der Waals surface area (Å²) in [7, 11) is 0. The molecule has 4 nitrogen and oxygen atoms in total. The Labute approximate surface area is 133 Å². The monoisotopic (exact) mass is 305 g/mol. The van der Waals surface area contributed by atoms with Gasteiger partial charge >= 0.3 is 6.09 Å². The van der Waals surface area contributed by atoms with Gasteiger partial charge in [0, 0.05) is 11.3 Å². The summed E-state index contributed by atoms with van der Waals surface area (Å²) in [4.78, 5) is 24.3. The van der Waals surface area contributed by atoms with Gasteiger partial charge in [0.15, 0.2) is 5.78 Å². The molecule has 1 fully saturated rings. The molecular weight excluding hydrogens is 278 g/mol. The van der Waals surface area contributed by atoms with Crippen LogP contribution in [0.15, 0.2) is 24.3 Å². The number of ether oxygens (including phenoxy) is 1. The molecule has 0 aromatic heterocycles. The van der Waals surface area contributed by atoms with Gasteiger partial charge in [-0.3, -0.25) is 9.69 Å². The summed E-state index contributed by atoms with van der Waals surface area (Å²) in [5.41, 5.74) is 1.42. The molecule has 1 aliphatic rings. The van der Waals surface area contributed by atoms with Crippen LogP contribution < -0.4 is 4.90 Å². The lowest BCUT2D eigenvalue weighted by atomic mass is 10.1. The second-order valence-electron chi connectivity index (χ2n) is 5.48. The average Bonchev–Trinajstić information content (AvgIpc) is 2.90. The molecule has 0 spiro atoms. The SMILES string of the molecule is CCCCC.CC[C@H]1CN(c2ccc(C(C)=O)cc2)C(=O)O1. The molecule has 0 N–H and O–H groups in total. The molecule has 22 heavy (non-hydrogen) atoms. The molecule has 2 rings (SSSR count). The van der Waals surface area contributed by atoms with Crippen molar-refractivity contribution in [2.45, 2.75) is 59.5 Å². The highest BCUT2D eigenvalue weighted by atomic mass is 16.6. The van der Waals surface area contributed by atoms with Crippen molar-refractivity contribution in [2.75, 3.05) is 11.4 Å². The van der Waals surface area contributed by atoms with Crippen LogP contribution in [0, 0.1) is 0 Å². The lowest BCUT2D eigenvalue weighted by Gasteiger charge is -2.12. The van der Waals surface area contributed by atoms with Crippen molar-refractivity contribution < 1.29 is 14.3 Å². The van der Waals surface area contributed by atoms with Crippen molar-refractivity contribution in [3.63, 3.8) is 0 Å². The molecule has 1 aromatic carbocycles. The van der Waals surface area contributed by atoms with Gasteiger partial charge in [-0.2, -0.15) is 0 Å². The Morgan fingerprint density at radius 3 is 2.14 bits per heavy atom. The van der Waals surface area contributed by atoms with E-state index in [2.05, 4.69) is 13.8 Å². The van der Waals surface area contributed by atoms with Crippen molar-refractivity contribution >= 4 is 17.6 Å². The molecule has 0 unspecified atom stereocenters. The van der Waals surface area contributed by atoms with Gasteiger partial charge in [-0.15, -0.1) is 0 Å². The third-order valence-corrected chi connectivity index (χ3v) is 3.62. The normalized spacial score (nSPS) is 16.8. The Kier molecular flexibility index (Phi) is 7.64. The zero-order chi connectivity index (χ0) is 16.5. The van der Waals surface area contributed by atoms with E-state index in [4.69, 9.17) is 4.74 Å². The summed E-state index contributed by atoms with van der Waals surface area (Å²) in [5.74, 6) is 0.0204. The number of hydrogen-bond donors (Lipinski definition) is 0. The van der Waals surface area contributed by atoms with E-state index in [1.54, 1.807) is 29.2 Å². The van der Waals surface area contributed by atoms with E-state index in [0.29, 0.717) is 12.1 Å². The summed E-state index contributed by atoms with van der Waals surface area (Å²) < 4.78 is 5.18. The van der Waals surface area contributed by atoms with Crippen LogP contribution >= 0.6 is 0 Å². The summed E-state index contributed by atoms with van der Waals surface area (Å²) >= 11 is 0. The number of nitrogens with zero attached hydrogens (tertiary/aromatic N) is 1. The van der Waals surface area contributed by atoms with Crippen molar-refractivity contribution in [3.05, 3.63) is 29.8 Å². The molecule has 0 aliphatic carbocycles. The summed E-state index contributed by atoms with van der Waals surface area (Å²) in [5, 5.41) is 0. The van der Waals surface area contributed by atoms with E-state index in [1.807, 2.05) is 6.92 Å². The molecular formula is C18H27NO3. The van der Waals surface area contributed by atoms with Crippen LogP contribution in [0.1, 0.15) is 63.7 Å². The van der Waals surface area contributed by atoms with Gasteiger partial charge in [0.2, 0.25) is 0 Å². The maximum absolute atomic E-state index is 11.6. The molecule has 1 saturated heterocycles. The van der Waals surface area contributed by atoms with Crippen molar-refractivity contribution in [1.29, 1.82) is 0 Å². The van der Waals surface area contributed by atoms with Crippen LogP contribution in [0.5, 0.6) is 0 Å².